The average molecular weight is 217 g/mol. The molecular weight excluding hydrogens is 182 g/mol. The molecule has 0 aromatic heterocycles. The molecular formula is C14H35N. The molecule has 1 aliphatic rings. The topological polar surface area (TPSA) is 3.24 Å². The van der Waals surface area contributed by atoms with Crippen molar-refractivity contribution in [1.82, 2.24) is 4.90 Å². The summed E-state index contributed by atoms with van der Waals surface area (Å²) in [7, 11) is 2.20. The van der Waals surface area contributed by atoms with Crippen LogP contribution in [0, 0.1) is 5.41 Å². The van der Waals surface area contributed by atoms with Crippen LogP contribution in [0.2, 0.25) is 0 Å². The first-order valence-electron chi connectivity index (χ1n) is 6.79. The van der Waals surface area contributed by atoms with E-state index in [1.807, 2.05) is 41.5 Å². The van der Waals surface area contributed by atoms with Gasteiger partial charge in [-0.05, 0) is 38.4 Å². The molecule has 15 heavy (non-hydrogen) atoms. The van der Waals surface area contributed by atoms with Gasteiger partial charge in [-0.3, -0.25) is 0 Å². The number of hydrogen-bond donors (Lipinski definition) is 0. The summed E-state index contributed by atoms with van der Waals surface area (Å²) < 4.78 is 0. The molecule has 1 saturated heterocycles. The molecule has 0 spiro atoms. The van der Waals surface area contributed by atoms with Crippen LogP contribution in [-0.2, 0) is 0 Å². The van der Waals surface area contributed by atoms with Gasteiger partial charge in [-0.25, -0.2) is 0 Å². The lowest BCUT2D eigenvalue weighted by atomic mass is 9.83. The molecule has 1 aliphatic heterocycles. The molecule has 0 unspecified atom stereocenters. The van der Waals surface area contributed by atoms with Crippen LogP contribution in [-0.4, -0.2) is 25.0 Å². The van der Waals surface area contributed by atoms with E-state index in [4.69, 9.17) is 0 Å². The molecule has 0 atom stereocenters. The van der Waals surface area contributed by atoms with E-state index in [1.165, 1.54) is 25.9 Å². The zero-order chi connectivity index (χ0) is 12.9. The number of hydrogen-bond acceptors (Lipinski definition) is 1. The van der Waals surface area contributed by atoms with E-state index in [9.17, 15) is 0 Å². The number of likely N-dealkylation sites (tertiary alicyclic amines) is 1. The van der Waals surface area contributed by atoms with Crippen LogP contribution in [0.15, 0.2) is 0 Å². The Morgan fingerprint density at radius 2 is 1.00 bits per heavy atom. The highest BCUT2D eigenvalue weighted by Gasteiger charge is 2.22. The largest absolute Gasteiger partial charge is 0.306 e. The van der Waals surface area contributed by atoms with Crippen LogP contribution in [0.25, 0.3) is 0 Å². The van der Waals surface area contributed by atoms with Gasteiger partial charge in [0.25, 0.3) is 0 Å². The number of piperidine rings is 1. The van der Waals surface area contributed by atoms with E-state index < -0.39 is 0 Å². The fraction of sp³-hybridized carbons (Fsp3) is 1.00. The van der Waals surface area contributed by atoms with Gasteiger partial charge in [-0.1, -0.05) is 55.4 Å². The Balaban J connectivity index is -0.000000208. The third-order valence-corrected chi connectivity index (χ3v) is 2.34. The van der Waals surface area contributed by atoms with E-state index in [0.717, 1.165) is 0 Å². The standard InChI is InChI=1S/C8H17N.3C2H6/c1-8(2)4-6-9(3)7-5-8;3*1-2/h4-7H2,1-3H3;3*1-2H3. The van der Waals surface area contributed by atoms with Gasteiger partial charge in [0, 0.05) is 0 Å². The van der Waals surface area contributed by atoms with Gasteiger partial charge in [0.1, 0.15) is 0 Å². The molecule has 0 aliphatic carbocycles. The average Bonchev–Trinajstić information content (AvgIpc) is 2.31. The Morgan fingerprint density at radius 1 is 0.733 bits per heavy atom. The molecule has 0 aromatic carbocycles. The summed E-state index contributed by atoms with van der Waals surface area (Å²) >= 11 is 0. The van der Waals surface area contributed by atoms with Crippen molar-refractivity contribution >= 4 is 0 Å². The van der Waals surface area contributed by atoms with Gasteiger partial charge in [-0.15, -0.1) is 0 Å². The van der Waals surface area contributed by atoms with Crippen LogP contribution >= 0.6 is 0 Å². The van der Waals surface area contributed by atoms with E-state index in [2.05, 4.69) is 25.8 Å². The fourth-order valence-corrected chi connectivity index (χ4v) is 1.22. The second-order valence-corrected chi connectivity index (χ2v) is 3.97. The summed E-state index contributed by atoms with van der Waals surface area (Å²) in [5.41, 5.74) is 0.618. The lowest BCUT2D eigenvalue weighted by Crippen LogP contribution is -2.34. The minimum Gasteiger partial charge on any atom is -0.306 e. The Hall–Kier alpha value is -0.0400. The van der Waals surface area contributed by atoms with Crippen molar-refractivity contribution in [2.45, 2.75) is 68.2 Å². The smallest absolute Gasteiger partial charge is 0.00167 e. The minimum atomic E-state index is 0.618. The van der Waals surface area contributed by atoms with Crippen LogP contribution in [0.4, 0.5) is 0 Å². The summed E-state index contributed by atoms with van der Waals surface area (Å²) in [5.74, 6) is 0. The zero-order valence-electron chi connectivity index (χ0n) is 12.8. The maximum atomic E-state index is 2.41. The number of rotatable bonds is 0. The fourth-order valence-electron chi connectivity index (χ4n) is 1.22. The minimum absolute atomic E-state index is 0.618. The zero-order valence-corrected chi connectivity index (χ0v) is 12.8. The van der Waals surface area contributed by atoms with Crippen molar-refractivity contribution in [1.29, 1.82) is 0 Å². The van der Waals surface area contributed by atoms with Gasteiger partial charge in [0.05, 0.1) is 0 Å². The summed E-state index contributed by atoms with van der Waals surface area (Å²) in [6.07, 6.45) is 2.73. The van der Waals surface area contributed by atoms with Crippen LogP contribution in [0.3, 0.4) is 0 Å². The van der Waals surface area contributed by atoms with Gasteiger partial charge in [0.2, 0.25) is 0 Å². The van der Waals surface area contributed by atoms with Crippen molar-refractivity contribution in [3.63, 3.8) is 0 Å². The first-order chi connectivity index (χ1) is 7.10. The Kier molecular flexibility index (Phi) is 19.0. The lowest BCUT2D eigenvalue weighted by molar-refractivity contribution is 0.157. The predicted octanol–water partition coefficient (Wildman–Crippen LogP) is 4.82. The molecule has 1 heterocycles. The first-order valence-corrected chi connectivity index (χ1v) is 6.79. The number of nitrogens with zero attached hydrogens (tertiary/aromatic N) is 1. The second kappa shape index (κ2) is 14.0. The molecule has 0 N–H and O–H groups in total. The first kappa shape index (κ1) is 20.4. The molecule has 96 valence electrons. The maximum Gasteiger partial charge on any atom is -0.00167 e. The highest BCUT2D eigenvalue weighted by molar-refractivity contribution is 4.76. The van der Waals surface area contributed by atoms with Gasteiger partial charge in [0.15, 0.2) is 0 Å². The van der Waals surface area contributed by atoms with E-state index in [-0.39, 0.29) is 0 Å². The maximum absolute atomic E-state index is 2.41. The molecule has 1 heteroatoms. The Labute approximate surface area is 99.3 Å². The van der Waals surface area contributed by atoms with Crippen molar-refractivity contribution in [3.8, 4) is 0 Å². The molecule has 0 amide bonds. The van der Waals surface area contributed by atoms with Gasteiger partial charge >= 0.3 is 0 Å². The lowest BCUT2D eigenvalue weighted by Gasteiger charge is -2.34. The molecule has 0 saturated carbocycles. The summed E-state index contributed by atoms with van der Waals surface area (Å²) in [6, 6.07) is 0. The highest BCUT2D eigenvalue weighted by Crippen LogP contribution is 2.28. The quantitative estimate of drug-likeness (QED) is 0.562. The third kappa shape index (κ3) is 14.0. The van der Waals surface area contributed by atoms with Crippen molar-refractivity contribution in [2.24, 2.45) is 5.41 Å². The second-order valence-electron chi connectivity index (χ2n) is 3.97. The third-order valence-electron chi connectivity index (χ3n) is 2.34. The van der Waals surface area contributed by atoms with E-state index in [1.54, 1.807) is 0 Å². The summed E-state index contributed by atoms with van der Waals surface area (Å²) in [5, 5.41) is 0. The van der Waals surface area contributed by atoms with Crippen molar-refractivity contribution in [2.75, 3.05) is 20.1 Å². The molecule has 0 aromatic rings. The summed E-state index contributed by atoms with van der Waals surface area (Å²) in [4.78, 5) is 2.41. The van der Waals surface area contributed by atoms with Crippen LogP contribution in [0.5, 0.6) is 0 Å². The predicted molar refractivity (Wildman–Crippen MR) is 74.6 cm³/mol. The molecule has 1 rings (SSSR count). The highest BCUT2D eigenvalue weighted by atomic mass is 15.1. The van der Waals surface area contributed by atoms with Crippen LogP contribution in [0.1, 0.15) is 68.2 Å². The Bertz CT molecular complexity index is 87.5. The molecule has 1 nitrogen and oxygen atoms in total. The van der Waals surface area contributed by atoms with Crippen molar-refractivity contribution < 1.29 is 0 Å². The molecule has 0 bridgehead atoms. The van der Waals surface area contributed by atoms with Gasteiger partial charge < -0.3 is 4.90 Å². The van der Waals surface area contributed by atoms with Crippen LogP contribution < -0.4 is 0 Å². The van der Waals surface area contributed by atoms with Crippen molar-refractivity contribution in [3.05, 3.63) is 0 Å². The monoisotopic (exact) mass is 217 g/mol. The summed E-state index contributed by atoms with van der Waals surface area (Å²) in [6.45, 7) is 19.3. The SMILES string of the molecule is CC.CC.CC.CN1CCC(C)(C)CC1. The normalized spacial score (nSPS) is 18.2. The molecule has 0 radical (unpaired) electrons. The van der Waals surface area contributed by atoms with E-state index >= 15 is 0 Å². The Morgan fingerprint density at radius 3 is 1.20 bits per heavy atom. The van der Waals surface area contributed by atoms with E-state index in [0.29, 0.717) is 5.41 Å². The van der Waals surface area contributed by atoms with Gasteiger partial charge in [-0.2, -0.15) is 0 Å². The molecule has 1 fully saturated rings.